The van der Waals surface area contributed by atoms with E-state index in [0.717, 1.165) is 17.0 Å². The third-order valence-electron chi connectivity index (χ3n) is 2.77. The van der Waals surface area contributed by atoms with Crippen LogP contribution in [0, 0.1) is 6.92 Å². The molecule has 0 saturated carbocycles. The van der Waals surface area contributed by atoms with Crippen molar-refractivity contribution in [3.8, 4) is 5.75 Å². The first-order valence-electron chi connectivity index (χ1n) is 6.10. The number of ether oxygens (including phenoxy) is 1. The van der Waals surface area contributed by atoms with Crippen LogP contribution in [0.25, 0.3) is 0 Å². The second-order valence-corrected chi connectivity index (χ2v) is 4.14. The molecule has 0 aliphatic rings. The van der Waals surface area contributed by atoms with Crippen molar-refractivity contribution in [3.63, 3.8) is 0 Å². The van der Waals surface area contributed by atoms with Gasteiger partial charge in [-0.25, -0.2) is 0 Å². The molecule has 0 bridgehead atoms. The second-order valence-electron chi connectivity index (χ2n) is 4.14. The molecule has 0 aliphatic heterocycles. The monoisotopic (exact) mass is 259 g/mol. The predicted octanol–water partition coefficient (Wildman–Crippen LogP) is 2.56. The number of nitrogens with two attached hydrogens (primary N) is 1. The first-order valence-corrected chi connectivity index (χ1v) is 6.10. The van der Waals surface area contributed by atoms with Crippen LogP contribution in [0.4, 0.5) is 11.5 Å². The molecule has 100 valence electrons. The lowest BCUT2D eigenvalue weighted by Gasteiger charge is -2.12. The number of hydrogen-bond donors (Lipinski definition) is 3. The molecule has 1 heterocycles. The molecule has 0 unspecified atom stereocenters. The summed E-state index contributed by atoms with van der Waals surface area (Å²) in [6.07, 6.45) is 1.74. The van der Waals surface area contributed by atoms with Crippen molar-refractivity contribution in [1.82, 2.24) is 4.98 Å². The highest BCUT2D eigenvalue weighted by molar-refractivity contribution is 6.00. The Kier molecular flexibility index (Phi) is 3.75. The fourth-order valence-electron chi connectivity index (χ4n) is 1.92. The van der Waals surface area contributed by atoms with Gasteiger partial charge in [0.25, 0.3) is 5.91 Å². The third-order valence-corrected chi connectivity index (χ3v) is 2.77. The Morgan fingerprint density at radius 1 is 1.42 bits per heavy atom. The van der Waals surface area contributed by atoms with Crippen molar-refractivity contribution in [1.29, 1.82) is 0 Å². The molecule has 1 amide bonds. The lowest BCUT2D eigenvalue weighted by atomic mass is 10.2. The Labute approximate surface area is 111 Å². The summed E-state index contributed by atoms with van der Waals surface area (Å²) in [4.78, 5) is 14.4. The predicted molar refractivity (Wildman–Crippen MR) is 74.9 cm³/mol. The summed E-state index contributed by atoms with van der Waals surface area (Å²) in [5.74, 6) is 0.847. The third kappa shape index (κ3) is 2.70. The van der Waals surface area contributed by atoms with Crippen LogP contribution in [0.1, 0.15) is 22.8 Å². The number of rotatable bonds is 5. The van der Waals surface area contributed by atoms with Crippen molar-refractivity contribution in [2.75, 3.05) is 11.9 Å². The zero-order chi connectivity index (χ0) is 13.8. The first kappa shape index (κ1) is 13.0. The molecule has 0 spiro atoms. The van der Waals surface area contributed by atoms with Crippen molar-refractivity contribution in [2.24, 2.45) is 5.73 Å². The van der Waals surface area contributed by atoms with E-state index in [1.807, 2.05) is 38.1 Å². The topological polar surface area (TPSA) is 80.1 Å². The van der Waals surface area contributed by atoms with E-state index in [2.05, 4.69) is 10.3 Å². The summed E-state index contributed by atoms with van der Waals surface area (Å²) in [7, 11) is 0. The summed E-state index contributed by atoms with van der Waals surface area (Å²) < 4.78 is 5.52. The fraction of sp³-hybridized carbons (Fsp3) is 0.214. The van der Waals surface area contributed by atoms with Crippen LogP contribution in [-0.4, -0.2) is 17.5 Å². The van der Waals surface area contributed by atoms with E-state index in [1.54, 1.807) is 6.20 Å². The van der Waals surface area contributed by atoms with Gasteiger partial charge in [0.1, 0.15) is 11.6 Å². The SMILES string of the molecule is CCOc1ccccc1Nc1[nH]cc(C)c1C(N)=O. The van der Waals surface area contributed by atoms with Gasteiger partial charge in [-0.2, -0.15) is 0 Å². The lowest BCUT2D eigenvalue weighted by molar-refractivity contribution is 0.100. The Bertz CT molecular complexity index is 590. The standard InChI is InChI=1S/C14H17N3O2/c1-3-19-11-7-5-4-6-10(11)17-14-12(13(15)18)9(2)8-16-14/h4-8,16-17H,3H2,1-2H3,(H2,15,18). The molecule has 0 aliphatic carbocycles. The molecule has 0 saturated heterocycles. The molecule has 2 aromatic rings. The Morgan fingerprint density at radius 3 is 2.84 bits per heavy atom. The van der Waals surface area contributed by atoms with Gasteiger partial charge in [-0.05, 0) is 31.5 Å². The maximum Gasteiger partial charge on any atom is 0.252 e. The van der Waals surface area contributed by atoms with Crippen LogP contribution < -0.4 is 15.8 Å². The minimum atomic E-state index is -0.463. The van der Waals surface area contributed by atoms with E-state index >= 15 is 0 Å². The van der Waals surface area contributed by atoms with Crippen LogP contribution in [0.5, 0.6) is 5.75 Å². The maximum atomic E-state index is 11.4. The summed E-state index contributed by atoms with van der Waals surface area (Å²) >= 11 is 0. The highest BCUT2D eigenvalue weighted by Gasteiger charge is 2.14. The van der Waals surface area contributed by atoms with Gasteiger partial charge >= 0.3 is 0 Å². The Morgan fingerprint density at radius 2 is 2.16 bits per heavy atom. The van der Waals surface area contributed by atoms with Crippen LogP contribution in [0.15, 0.2) is 30.5 Å². The summed E-state index contributed by atoms with van der Waals surface area (Å²) in [6, 6.07) is 7.53. The number of carbonyl (C=O) groups excluding carboxylic acids is 1. The molecule has 1 aromatic heterocycles. The molecule has 0 atom stereocenters. The smallest absolute Gasteiger partial charge is 0.252 e. The molecule has 5 heteroatoms. The number of anilines is 2. The van der Waals surface area contributed by atoms with E-state index in [1.165, 1.54) is 0 Å². The number of aromatic nitrogens is 1. The van der Waals surface area contributed by atoms with Crippen molar-refractivity contribution < 1.29 is 9.53 Å². The number of aromatic amines is 1. The number of para-hydroxylation sites is 2. The molecule has 2 rings (SSSR count). The van der Waals surface area contributed by atoms with Gasteiger partial charge in [0.15, 0.2) is 0 Å². The van der Waals surface area contributed by atoms with E-state index in [4.69, 9.17) is 10.5 Å². The number of aryl methyl sites for hydroxylation is 1. The molecular formula is C14H17N3O2. The minimum Gasteiger partial charge on any atom is -0.492 e. The van der Waals surface area contributed by atoms with Gasteiger partial charge in [0.05, 0.1) is 17.9 Å². The van der Waals surface area contributed by atoms with Gasteiger partial charge in [0.2, 0.25) is 0 Å². The van der Waals surface area contributed by atoms with Crippen molar-refractivity contribution in [2.45, 2.75) is 13.8 Å². The molecule has 19 heavy (non-hydrogen) atoms. The Hall–Kier alpha value is -2.43. The molecule has 0 fully saturated rings. The minimum absolute atomic E-state index is 0.463. The van der Waals surface area contributed by atoms with E-state index in [9.17, 15) is 4.79 Å². The lowest BCUT2D eigenvalue weighted by Crippen LogP contribution is -2.13. The van der Waals surface area contributed by atoms with E-state index in [0.29, 0.717) is 18.0 Å². The zero-order valence-electron chi connectivity index (χ0n) is 11.0. The number of nitrogens with one attached hydrogen (secondary N) is 2. The summed E-state index contributed by atoms with van der Waals surface area (Å²) in [5, 5.41) is 3.15. The van der Waals surface area contributed by atoms with Crippen LogP contribution in [0.3, 0.4) is 0 Å². The van der Waals surface area contributed by atoms with Crippen molar-refractivity contribution in [3.05, 3.63) is 41.6 Å². The maximum absolute atomic E-state index is 11.4. The number of H-pyrrole nitrogens is 1. The summed E-state index contributed by atoms with van der Waals surface area (Å²) in [5.41, 5.74) is 7.44. The number of carbonyl (C=O) groups is 1. The molecule has 0 radical (unpaired) electrons. The van der Waals surface area contributed by atoms with Gasteiger partial charge < -0.3 is 20.8 Å². The zero-order valence-corrected chi connectivity index (χ0v) is 11.0. The van der Waals surface area contributed by atoms with E-state index < -0.39 is 5.91 Å². The Balaban J connectivity index is 2.34. The number of benzene rings is 1. The van der Waals surface area contributed by atoms with Crippen LogP contribution in [0.2, 0.25) is 0 Å². The highest BCUT2D eigenvalue weighted by Crippen LogP contribution is 2.29. The number of primary amides is 1. The van der Waals surface area contributed by atoms with Gasteiger partial charge in [-0.3, -0.25) is 4.79 Å². The average Bonchev–Trinajstić information content (AvgIpc) is 2.73. The molecule has 4 N–H and O–H groups in total. The van der Waals surface area contributed by atoms with Gasteiger partial charge in [-0.15, -0.1) is 0 Å². The van der Waals surface area contributed by atoms with E-state index in [-0.39, 0.29) is 0 Å². The highest BCUT2D eigenvalue weighted by atomic mass is 16.5. The second kappa shape index (κ2) is 5.48. The first-order chi connectivity index (χ1) is 9.13. The van der Waals surface area contributed by atoms with Gasteiger partial charge in [0, 0.05) is 6.20 Å². The number of hydrogen-bond acceptors (Lipinski definition) is 3. The fourth-order valence-corrected chi connectivity index (χ4v) is 1.92. The largest absolute Gasteiger partial charge is 0.492 e. The molecule has 5 nitrogen and oxygen atoms in total. The summed E-state index contributed by atoms with van der Waals surface area (Å²) in [6.45, 7) is 4.33. The number of amides is 1. The quantitative estimate of drug-likeness (QED) is 0.772. The molecule has 1 aromatic carbocycles. The average molecular weight is 259 g/mol. The normalized spacial score (nSPS) is 10.2. The van der Waals surface area contributed by atoms with Crippen molar-refractivity contribution >= 4 is 17.4 Å². The van der Waals surface area contributed by atoms with Crippen LogP contribution >= 0.6 is 0 Å². The van der Waals surface area contributed by atoms with Crippen LogP contribution in [-0.2, 0) is 0 Å². The molecular weight excluding hydrogens is 242 g/mol. The van der Waals surface area contributed by atoms with Gasteiger partial charge in [-0.1, -0.05) is 12.1 Å².